The summed E-state index contributed by atoms with van der Waals surface area (Å²) >= 11 is 4.76. The lowest BCUT2D eigenvalue weighted by molar-refractivity contribution is 0.352. The molecule has 1 atom stereocenters. The van der Waals surface area contributed by atoms with Crippen LogP contribution < -0.4 is 0 Å². The molecule has 1 aromatic rings. The number of hydrogen-bond donors (Lipinski definition) is 1. The fourth-order valence-electron chi connectivity index (χ4n) is 2.37. The largest absolute Gasteiger partial charge is 0.171 e. The van der Waals surface area contributed by atoms with Crippen molar-refractivity contribution in [1.82, 2.24) is 0 Å². The molecule has 14 heavy (non-hydrogen) atoms. The van der Waals surface area contributed by atoms with Crippen LogP contribution in [-0.4, -0.2) is 0 Å². The molecule has 76 valence electrons. The molecule has 0 N–H and O–H groups in total. The number of benzene rings is 1. The number of hydrogen-bond acceptors (Lipinski definition) is 1. The normalized spacial score (nSPS) is 20.6. The van der Waals surface area contributed by atoms with Gasteiger partial charge in [0.2, 0.25) is 0 Å². The van der Waals surface area contributed by atoms with E-state index >= 15 is 0 Å². The average Bonchev–Trinajstić information content (AvgIpc) is 2.30. The van der Waals surface area contributed by atoms with Gasteiger partial charge in [-0.2, -0.15) is 12.6 Å². The van der Waals surface area contributed by atoms with E-state index in [2.05, 4.69) is 30.3 Å². The molecule has 0 radical (unpaired) electrons. The third kappa shape index (κ3) is 2.33. The molecular formula is C13H18S. The first-order chi connectivity index (χ1) is 6.88. The van der Waals surface area contributed by atoms with E-state index in [-0.39, 0.29) is 0 Å². The lowest BCUT2D eigenvalue weighted by Crippen LogP contribution is -2.12. The van der Waals surface area contributed by atoms with E-state index in [1.165, 1.54) is 37.7 Å². The smallest absolute Gasteiger partial charge is 0.0295 e. The molecule has 0 aliphatic heterocycles. The van der Waals surface area contributed by atoms with E-state index in [1.807, 2.05) is 0 Å². The van der Waals surface area contributed by atoms with Crippen LogP contribution in [0.25, 0.3) is 0 Å². The summed E-state index contributed by atoms with van der Waals surface area (Å²) in [5.74, 6) is 0.800. The Bertz CT molecular complexity index is 262. The van der Waals surface area contributed by atoms with Crippen LogP contribution >= 0.6 is 12.6 Å². The molecular weight excluding hydrogens is 188 g/mol. The van der Waals surface area contributed by atoms with Crippen molar-refractivity contribution in [2.24, 2.45) is 5.92 Å². The van der Waals surface area contributed by atoms with Crippen molar-refractivity contribution in [3.63, 3.8) is 0 Å². The molecule has 0 nitrogen and oxygen atoms in total. The Morgan fingerprint density at radius 3 is 2.29 bits per heavy atom. The molecule has 1 aromatic carbocycles. The van der Waals surface area contributed by atoms with Crippen molar-refractivity contribution in [3.05, 3.63) is 35.9 Å². The molecule has 0 amide bonds. The van der Waals surface area contributed by atoms with Crippen LogP contribution in [0.1, 0.15) is 42.9 Å². The Morgan fingerprint density at radius 1 is 1.00 bits per heavy atom. The summed E-state index contributed by atoms with van der Waals surface area (Å²) in [5.41, 5.74) is 1.39. The quantitative estimate of drug-likeness (QED) is 0.688. The first kappa shape index (κ1) is 10.1. The molecule has 0 saturated heterocycles. The maximum atomic E-state index is 4.76. The van der Waals surface area contributed by atoms with E-state index in [0.29, 0.717) is 5.25 Å². The van der Waals surface area contributed by atoms with Gasteiger partial charge in [0.15, 0.2) is 0 Å². The van der Waals surface area contributed by atoms with Gasteiger partial charge in [-0.3, -0.25) is 0 Å². The molecule has 0 aromatic heterocycles. The highest BCUT2D eigenvalue weighted by molar-refractivity contribution is 7.80. The fraction of sp³-hybridized carbons (Fsp3) is 0.538. The summed E-state index contributed by atoms with van der Waals surface area (Å²) in [6.45, 7) is 0. The summed E-state index contributed by atoms with van der Waals surface area (Å²) in [6.07, 6.45) is 6.95. The highest BCUT2D eigenvalue weighted by Gasteiger charge is 2.21. The van der Waals surface area contributed by atoms with Crippen LogP contribution in [0.5, 0.6) is 0 Å². The number of thiol groups is 1. The van der Waals surface area contributed by atoms with Crippen LogP contribution in [0.3, 0.4) is 0 Å². The fourth-order valence-corrected chi connectivity index (χ4v) is 2.84. The van der Waals surface area contributed by atoms with E-state index in [9.17, 15) is 0 Å². The summed E-state index contributed by atoms with van der Waals surface area (Å²) in [6, 6.07) is 10.7. The molecule has 1 heteroatoms. The Morgan fingerprint density at radius 2 is 1.64 bits per heavy atom. The van der Waals surface area contributed by atoms with E-state index in [0.717, 1.165) is 5.92 Å². The Hall–Kier alpha value is -0.430. The topological polar surface area (TPSA) is 0 Å². The molecule has 1 aliphatic carbocycles. The van der Waals surface area contributed by atoms with Crippen LogP contribution in [0.4, 0.5) is 0 Å². The maximum Gasteiger partial charge on any atom is 0.0295 e. The zero-order valence-corrected chi connectivity index (χ0v) is 9.42. The standard InChI is InChI=1S/C13H18S/c14-13(11-7-3-1-4-8-11)12-9-5-2-6-10-12/h1,3-4,7-8,12-14H,2,5-6,9-10H2/t13-/m1/s1. The molecule has 0 bridgehead atoms. The Labute approximate surface area is 92.1 Å². The van der Waals surface area contributed by atoms with Crippen molar-refractivity contribution in [2.75, 3.05) is 0 Å². The lowest BCUT2D eigenvalue weighted by atomic mass is 9.84. The first-order valence-corrected chi connectivity index (χ1v) is 6.12. The zero-order chi connectivity index (χ0) is 9.80. The predicted molar refractivity (Wildman–Crippen MR) is 64.7 cm³/mol. The molecule has 0 heterocycles. The lowest BCUT2D eigenvalue weighted by Gasteiger charge is -2.27. The minimum atomic E-state index is 0.455. The third-order valence-corrected chi connectivity index (χ3v) is 3.96. The van der Waals surface area contributed by atoms with Gasteiger partial charge in [0, 0.05) is 5.25 Å². The SMILES string of the molecule is S[C@H](c1ccccc1)C1CCCCC1. The summed E-state index contributed by atoms with van der Waals surface area (Å²) in [5, 5.41) is 0.455. The van der Waals surface area contributed by atoms with Gasteiger partial charge >= 0.3 is 0 Å². The van der Waals surface area contributed by atoms with Crippen molar-refractivity contribution in [2.45, 2.75) is 37.4 Å². The van der Waals surface area contributed by atoms with Gasteiger partial charge in [-0.15, -0.1) is 0 Å². The Balaban J connectivity index is 2.03. The molecule has 2 rings (SSSR count). The van der Waals surface area contributed by atoms with Crippen molar-refractivity contribution in [3.8, 4) is 0 Å². The van der Waals surface area contributed by atoms with Gasteiger partial charge in [0.25, 0.3) is 0 Å². The van der Waals surface area contributed by atoms with Gasteiger partial charge in [0.05, 0.1) is 0 Å². The summed E-state index contributed by atoms with van der Waals surface area (Å²) in [7, 11) is 0. The second kappa shape index (κ2) is 4.88. The van der Waals surface area contributed by atoms with Crippen LogP contribution in [-0.2, 0) is 0 Å². The Kier molecular flexibility index (Phi) is 3.52. The van der Waals surface area contributed by atoms with Gasteiger partial charge in [-0.25, -0.2) is 0 Å². The third-order valence-electron chi connectivity index (χ3n) is 3.24. The molecule has 0 unspecified atom stereocenters. The highest BCUT2D eigenvalue weighted by Crippen LogP contribution is 2.38. The van der Waals surface area contributed by atoms with Crippen LogP contribution in [0.2, 0.25) is 0 Å². The summed E-state index contributed by atoms with van der Waals surface area (Å²) in [4.78, 5) is 0. The molecule has 1 fully saturated rings. The van der Waals surface area contributed by atoms with E-state index < -0.39 is 0 Å². The molecule has 0 spiro atoms. The van der Waals surface area contributed by atoms with Gasteiger partial charge < -0.3 is 0 Å². The first-order valence-electron chi connectivity index (χ1n) is 5.61. The predicted octanol–water partition coefficient (Wildman–Crippen LogP) is 4.24. The van der Waals surface area contributed by atoms with Crippen LogP contribution in [0.15, 0.2) is 30.3 Å². The maximum absolute atomic E-state index is 4.76. The molecule has 1 aliphatic rings. The van der Waals surface area contributed by atoms with Gasteiger partial charge in [0.1, 0.15) is 0 Å². The molecule has 1 saturated carbocycles. The van der Waals surface area contributed by atoms with Gasteiger partial charge in [-0.1, -0.05) is 49.6 Å². The minimum absolute atomic E-state index is 0.455. The second-order valence-electron chi connectivity index (χ2n) is 4.25. The van der Waals surface area contributed by atoms with Crippen molar-refractivity contribution in [1.29, 1.82) is 0 Å². The average molecular weight is 206 g/mol. The van der Waals surface area contributed by atoms with Crippen molar-refractivity contribution < 1.29 is 0 Å². The number of rotatable bonds is 2. The summed E-state index contributed by atoms with van der Waals surface area (Å²) < 4.78 is 0. The minimum Gasteiger partial charge on any atom is -0.171 e. The second-order valence-corrected chi connectivity index (χ2v) is 4.81. The highest BCUT2D eigenvalue weighted by atomic mass is 32.1. The van der Waals surface area contributed by atoms with Crippen molar-refractivity contribution >= 4 is 12.6 Å². The van der Waals surface area contributed by atoms with E-state index in [1.54, 1.807) is 0 Å². The zero-order valence-electron chi connectivity index (χ0n) is 8.52. The monoisotopic (exact) mass is 206 g/mol. The van der Waals surface area contributed by atoms with Crippen LogP contribution in [0, 0.1) is 5.92 Å². The van der Waals surface area contributed by atoms with Gasteiger partial charge in [-0.05, 0) is 24.3 Å². The van der Waals surface area contributed by atoms with E-state index in [4.69, 9.17) is 12.6 Å².